The summed E-state index contributed by atoms with van der Waals surface area (Å²) in [4.78, 5) is 10.7. The van der Waals surface area contributed by atoms with Crippen molar-refractivity contribution >= 4 is 43.9 Å². The fourth-order valence-corrected chi connectivity index (χ4v) is 2.66. The van der Waals surface area contributed by atoms with Crippen molar-refractivity contribution in [3.63, 3.8) is 0 Å². The predicted octanol–water partition coefficient (Wildman–Crippen LogP) is 5.41. The predicted molar refractivity (Wildman–Crippen MR) is 89.8 cm³/mol. The van der Waals surface area contributed by atoms with Gasteiger partial charge in [-0.25, -0.2) is 4.79 Å². The maximum absolute atomic E-state index is 10.7. The molecular weight excluding hydrogens is 400 g/mol. The van der Waals surface area contributed by atoms with Crippen LogP contribution < -0.4 is 4.74 Å². The lowest BCUT2D eigenvalue weighted by Gasteiger charge is -2.11. The van der Waals surface area contributed by atoms with Crippen LogP contribution in [0.3, 0.4) is 0 Å². The molecule has 0 aromatic heterocycles. The third-order valence-corrected chi connectivity index (χ3v) is 3.80. The highest BCUT2D eigenvalue weighted by molar-refractivity contribution is 9.10. The zero-order valence-electron chi connectivity index (χ0n) is 11.1. The summed E-state index contributed by atoms with van der Waals surface area (Å²) in [5.41, 5.74) is 1.80. The van der Waals surface area contributed by atoms with Crippen LogP contribution in [0.1, 0.15) is 11.1 Å². The Balaban J connectivity index is 2.37. The van der Waals surface area contributed by atoms with Gasteiger partial charge >= 0.3 is 5.97 Å². The second-order valence-electron chi connectivity index (χ2n) is 4.39. The zero-order chi connectivity index (χ0) is 15.4. The van der Waals surface area contributed by atoms with E-state index in [1.54, 1.807) is 12.1 Å². The number of hydrogen-bond donors (Lipinski definition) is 1. The summed E-state index contributed by atoms with van der Waals surface area (Å²) in [7, 11) is 0. The molecule has 0 fully saturated rings. The lowest BCUT2D eigenvalue weighted by Crippen LogP contribution is -1.91. The minimum Gasteiger partial charge on any atom is -0.478 e. The van der Waals surface area contributed by atoms with Gasteiger partial charge in [-0.3, -0.25) is 0 Å². The Morgan fingerprint density at radius 2 is 1.86 bits per heavy atom. The molecule has 0 aliphatic heterocycles. The number of benzene rings is 2. The van der Waals surface area contributed by atoms with Crippen LogP contribution in [0.15, 0.2) is 51.4 Å². The average molecular weight is 412 g/mol. The molecular formula is C16H12Br2O3. The number of halogens is 2. The van der Waals surface area contributed by atoms with Gasteiger partial charge in [-0.05, 0) is 64.8 Å². The Bertz CT molecular complexity index is 709. The molecule has 2 aromatic carbocycles. The summed E-state index contributed by atoms with van der Waals surface area (Å²) in [5.74, 6) is 0.255. The normalized spacial score (nSPS) is 10.8. The maximum atomic E-state index is 10.7. The van der Waals surface area contributed by atoms with Crippen molar-refractivity contribution in [3.8, 4) is 11.5 Å². The standard InChI is InChI=1S/C16H12Br2O3/c1-10-2-5-15(13(18)8-10)21-14-6-4-12(17)9-11(14)3-7-16(19)20/h2-9H,1H3,(H,19,20)/b7-3+. The highest BCUT2D eigenvalue weighted by Crippen LogP contribution is 2.33. The van der Waals surface area contributed by atoms with Crippen LogP contribution in [0, 0.1) is 6.92 Å². The fourth-order valence-electron chi connectivity index (χ4n) is 1.71. The largest absolute Gasteiger partial charge is 0.478 e. The molecule has 0 aliphatic rings. The second kappa shape index (κ2) is 6.91. The molecule has 108 valence electrons. The first-order valence-corrected chi connectivity index (χ1v) is 7.69. The lowest BCUT2D eigenvalue weighted by atomic mass is 10.2. The molecule has 2 rings (SSSR count). The number of hydrogen-bond acceptors (Lipinski definition) is 2. The summed E-state index contributed by atoms with van der Waals surface area (Å²) < 4.78 is 7.57. The molecule has 21 heavy (non-hydrogen) atoms. The van der Waals surface area contributed by atoms with E-state index in [0.717, 1.165) is 20.6 Å². The molecule has 1 N–H and O–H groups in total. The number of carbonyl (C=O) groups is 1. The number of rotatable bonds is 4. The summed E-state index contributed by atoms with van der Waals surface area (Å²) in [6.45, 7) is 2.00. The summed E-state index contributed by atoms with van der Waals surface area (Å²) in [6.07, 6.45) is 2.59. The minimum atomic E-state index is -1.00. The molecule has 0 saturated carbocycles. The van der Waals surface area contributed by atoms with Crippen LogP contribution in [-0.2, 0) is 4.79 Å². The van der Waals surface area contributed by atoms with E-state index in [9.17, 15) is 4.79 Å². The van der Waals surface area contributed by atoms with E-state index in [0.29, 0.717) is 17.1 Å². The Morgan fingerprint density at radius 3 is 2.52 bits per heavy atom. The van der Waals surface area contributed by atoms with Crippen molar-refractivity contribution in [2.24, 2.45) is 0 Å². The monoisotopic (exact) mass is 410 g/mol. The summed E-state index contributed by atoms with van der Waals surface area (Å²) in [6, 6.07) is 11.2. The molecule has 0 spiro atoms. The smallest absolute Gasteiger partial charge is 0.328 e. The van der Waals surface area contributed by atoms with Crippen LogP contribution in [0.2, 0.25) is 0 Å². The van der Waals surface area contributed by atoms with Crippen molar-refractivity contribution in [3.05, 3.63) is 62.5 Å². The van der Waals surface area contributed by atoms with Gasteiger partial charge in [0.05, 0.1) is 4.47 Å². The van der Waals surface area contributed by atoms with Gasteiger partial charge in [-0.15, -0.1) is 0 Å². The van der Waals surface area contributed by atoms with Gasteiger partial charge in [0.1, 0.15) is 11.5 Å². The summed E-state index contributed by atoms with van der Waals surface area (Å²) >= 11 is 6.83. The Labute approximate surface area is 139 Å². The van der Waals surface area contributed by atoms with Crippen LogP contribution in [0.25, 0.3) is 6.08 Å². The first-order chi connectivity index (χ1) is 9.95. The van der Waals surface area contributed by atoms with E-state index in [-0.39, 0.29) is 0 Å². The highest BCUT2D eigenvalue weighted by Gasteiger charge is 2.07. The number of aliphatic carboxylic acids is 1. The molecule has 0 heterocycles. The van der Waals surface area contributed by atoms with E-state index in [1.165, 1.54) is 6.08 Å². The molecule has 0 aliphatic carbocycles. The highest BCUT2D eigenvalue weighted by atomic mass is 79.9. The van der Waals surface area contributed by atoms with Gasteiger partial charge in [0.25, 0.3) is 0 Å². The molecule has 5 heteroatoms. The van der Waals surface area contributed by atoms with Crippen LogP contribution in [0.4, 0.5) is 0 Å². The first kappa shape index (κ1) is 15.8. The first-order valence-electron chi connectivity index (χ1n) is 6.10. The van der Waals surface area contributed by atoms with Gasteiger partial charge in [0.2, 0.25) is 0 Å². The molecule has 0 unspecified atom stereocenters. The van der Waals surface area contributed by atoms with Crippen molar-refractivity contribution in [1.29, 1.82) is 0 Å². The SMILES string of the molecule is Cc1ccc(Oc2ccc(Br)cc2/C=C/C(=O)O)c(Br)c1. The van der Waals surface area contributed by atoms with Gasteiger partial charge in [-0.2, -0.15) is 0 Å². The Kier molecular flexibility index (Phi) is 5.20. The Hall–Kier alpha value is -1.59. The molecule has 0 atom stereocenters. The van der Waals surface area contributed by atoms with Gasteiger partial charge < -0.3 is 9.84 Å². The van der Waals surface area contributed by atoms with Gasteiger partial charge in [0, 0.05) is 16.1 Å². The molecule has 0 saturated heterocycles. The molecule has 0 amide bonds. The Morgan fingerprint density at radius 1 is 1.14 bits per heavy atom. The van der Waals surface area contributed by atoms with E-state index in [1.807, 2.05) is 31.2 Å². The van der Waals surface area contributed by atoms with E-state index >= 15 is 0 Å². The third kappa shape index (κ3) is 4.44. The second-order valence-corrected chi connectivity index (χ2v) is 6.16. The summed E-state index contributed by atoms with van der Waals surface area (Å²) in [5, 5.41) is 8.75. The minimum absolute atomic E-state index is 0.584. The topological polar surface area (TPSA) is 46.5 Å². The van der Waals surface area contributed by atoms with Crippen LogP contribution >= 0.6 is 31.9 Å². The van der Waals surface area contributed by atoms with Crippen LogP contribution in [-0.4, -0.2) is 11.1 Å². The number of carboxylic acid groups (broad SMARTS) is 1. The van der Waals surface area contributed by atoms with E-state index in [2.05, 4.69) is 31.9 Å². The van der Waals surface area contributed by atoms with Crippen molar-refractivity contribution in [1.82, 2.24) is 0 Å². The average Bonchev–Trinajstić information content (AvgIpc) is 2.41. The molecule has 0 bridgehead atoms. The fraction of sp³-hybridized carbons (Fsp3) is 0.0625. The zero-order valence-corrected chi connectivity index (χ0v) is 14.3. The van der Waals surface area contributed by atoms with E-state index < -0.39 is 5.97 Å². The van der Waals surface area contributed by atoms with E-state index in [4.69, 9.17) is 9.84 Å². The number of ether oxygens (including phenoxy) is 1. The van der Waals surface area contributed by atoms with Gasteiger partial charge in [0.15, 0.2) is 0 Å². The van der Waals surface area contributed by atoms with Crippen molar-refractivity contribution in [2.75, 3.05) is 0 Å². The number of carboxylic acids is 1. The van der Waals surface area contributed by atoms with Gasteiger partial charge in [-0.1, -0.05) is 22.0 Å². The number of aryl methyl sites for hydroxylation is 1. The molecule has 2 aromatic rings. The quantitative estimate of drug-likeness (QED) is 0.684. The third-order valence-electron chi connectivity index (χ3n) is 2.68. The maximum Gasteiger partial charge on any atom is 0.328 e. The lowest BCUT2D eigenvalue weighted by molar-refractivity contribution is -0.131. The van der Waals surface area contributed by atoms with Crippen LogP contribution in [0.5, 0.6) is 11.5 Å². The van der Waals surface area contributed by atoms with Crippen molar-refractivity contribution < 1.29 is 14.6 Å². The van der Waals surface area contributed by atoms with Crippen molar-refractivity contribution in [2.45, 2.75) is 6.92 Å². The molecule has 0 radical (unpaired) electrons. The molecule has 3 nitrogen and oxygen atoms in total.